The molecule has 7 heteroatoms. The highest BCUT2D eigenvalue weighted by Crippen LogP contribution is 2.22. The van der Waals surface area contributed by atoms with Gasteiger partial charge in [0, 0.05) is 17.5 Å². The predicted molar refractivity (Wildman–Crippen MR) is 112 cm³/mol. The van der Waals surface area contributed by atoms with Crippen LogP contribution in [-0.2, 0) is 6.54 Å². The molecule has 0 fully saturated rings. The molecule has 3 aromatic carbocycles. The maximum absolute atomic E-state index is 13.9. The van der Waals surface area contributed by atoms with Gasteiger partial charge < -0.3 is 16.4 Å². The van der Waals surface area contributed by atoms with Crippen LogP contribution in [0.15, 0.2) is 73.1 Å². The zero-order valence-corrected chi connectivity index (χ0v) is 15.4. The third kappa shape index (κ3) is 3.98. The Labute approximate surface area is 166 Å². The summed E-state index contributed by atoms with van der Waals surface area (Å²) >= 11 is 0. The molecule has 1 aromatic heterocycles. The largest absolute Gasteiger partial charge is 0.397 e. The number of nitrogens with zero attached hydrogens (tertiary/aromatic N) is 2. The fourth-order valence-corrected chi connectivity index (χ4v) is 2.96. The van der Waals surface area contributed by atoms with E-state index in [-0.39, 0.29) is 17.2 Å². The smallest absolute Gasteiger partial charge is 0.255 e. The number of benzene rings is 3. The minimum atomic E-state index is -0.387. The first kappa shape index (κ1) is 18.4. The van der Waals surface area contributed by atoms with Crippen LogP contribution in [0.1, 0.15) is 15.9 Å². The molecule has 0 aliphatic rings. The average Bonchev–Trinajstić information content (AvgIpc) is 2.74. The summed E-state index contributed by atoms with van der Waals surface area (Å²) < 4.78 is 13.9. The molecule has 4 N–H and O–H groups in total. The summed E-state index contributed by atoms with van der Waals surface area (Å²) in [4.78, 5) is 20.6. The van der Waals surface area contributed by atoms with Crippen molar-refractivity contribution in [1.82, 2.24) is 9.97 Å². The summed E-state index contributed by atoms with van der Waals surface area (Å²) in [6.45, 7) is 0.468. The number of rotatable bonds is 5. The number of nitrogens with two attached hydrogens (primary N) is 1. The van der Waals surface area contributed by atoms with E-state index in [1.165, 1.54) is 12.4 Å². The summed E-state index contributed by atoms with van der Waals surface area (Å²) in [5.41, 5.74) is 8.69. The maximum Gasteiger partial charge on any atom is 0.255 e. The Balaban J connectivity index is 1.45. The molecule has 29 heavy (non-hydrogen) atoms. The van der Waals surface area contributed by atoms with Crippen molar-refractivity contribution in [2.75, 3.05) is 16.4 Å². The van der Waals surface area contributed by atoms with Crippen molar-refractivity contribution in [1.29, 1.82) is 0 Å². The molecule has 0 saturated heterocycles. The van der Waals surface area contributed by atoms with Gasteiger partial charge in [-0.05, 0) is 42.0 Å². The van der Waals surface area contributed by atoms with Crippen molar-refractivity contribution < 1.29 is 9.18 Å². The first-order valence-electron chi connectivity index (χ1n) is 9.00. The Morgan fingerprint density at radius 3 is 2.55 bits per heavy atom. The molecule has 0 atom stereocenters. The standard InChI is InChI=1S/C22H18FN5O/c23-17-5-3-4-16-20(17)26-13-27-21(16)25-12-14-8-10-15(11-9-14)22(29)28-19-7-2-1-6-18(19)24/h1-11,13H,12,24H2,(H,28,29)(H,25,26,27). The van der Waals surface area contributed by atoms with Gasteiger partial charge in [0.05, 0.1) is 11.4 Å². The number of amides is 1. The van der Waals surface area contributed by atoms with E-state index in [9.17, 15) is 9.18 Å². The second kappa shape index (κ2) is 7.93. The number of hydrogen-bond acceptors (Lipinski definition) is 5. The van der Waals surface area contributed by atoms with E-state index in [4.69, 9.17) is 5.73 Å². The van der Waals surface area contributed by atoms with Crippen LogP contribution in [0.5, 0.6) is 0 Å². The molecule has 4 rings (SSSR count). The van der Waals surface area contributed by atoms with Gasteiger partial charge in [0.15, 0.2) is 0 Å². The van der Waals surface area contributed by atoms with Crippen LogP contribution in [-0.4, -0.2) is 15.9 Å². The molecule has 0 aliphatic carbocycles. The van der Waals surface area contributed by atoms with Gasteiger partial charge in [-0.1, -0.05) is 30.3 Å². The van der Waals surface area contributed by atoms with Gasteiger partial charge in [0.1, 0.15) is 23.5 Å². The Morgan fingerprint density at radius 1 is 0.966 bits per heavy atom. The Hall–Kier alpha value is -4.00. The fourth-order valence-electron chi connectivity index (χ4n) is 2.96. The lowest BCUT2D eigenvalue weighted by atomic mass is 10.1. The second-order valence-electron chi connectivity index (χ2n) is 6.45. The predicted octanol–water partition coefficient (Wildman–Crippen LogP) is 4.22. The molecular formula is C22H18FN5O. The number of nitrogen functional groups attached to an aromatic ring is 1. The molecule has 0 unspecified atom stereocenters. The number of anilines is 3. The zero-order valence-electron chi connectivity index (χ0n) is 15.4. The van der Waals surface area contributed by atoms with Crippen molar-refractivity contribution in [2.45, 2.75) is 6.54 Å². The van der Waals surface area contributed by atoms with Crippen LogP contribution in [0.25, 0.3) is 10.9 Å². The summed E-state index contributed by atoms with van der Waals surface area (Å²) in [6.07, 6.45) is 1.33. The lowest BCUT2D eigenvalue weighted by molar-refractivity contribution is 0.102. The zero-order chi connectivity index (χ0) is 20.2. The van der Waals surface area contributed by atoms with Crippen LogP contribution in [0.4, 0.5) is 21.6 Å². The van der Waals surface area contributed by atoms with Crippen molar-refractivity contribution >= 4 is 34.0 Å². The quantitative estimate of drug-likeness (QED) is 0.446. The lowest BCUT2D eigenvalue weighted by Crippen LogP contribution is -2.13. The maximum atomic E-state index is 13.9. The molecule has 0 bridgehead atoms. The number of aromatic nitrogens is 2. The number of para-hydroxylation sites is 3. The SMILES string of the molecule is Nc1ccccc1NC(=O)c1ccc(CNc2ncnc3c(F)cccc23)cc1. The number of carbonyl (C=O) groups is 1. The van der Waals surface area contributed by atoms with Crippen molar-refractivity contribution in [3.63, 3.8) is 0 Å². The van der Waals surface area contributed by atoms with Crippen molar-refractivity contribution in [2.24, 2.45) is 0 Å². The van der Waals surface area contributed by atoms with Gasteiger partial charge in [0.2, 0.25) is 0 Å². The molecule has 144 valence electrons. The first-order valence-corrected chi connectivity index (χ1v) is 9.00. The number of carbonyl (C=O) groups excluding carboxylic acids is 1. The van der Waals surface area contributed by atoms with E-state index < -0.39 is 0 Å². The summed E-state index contributed by atoms with van der Waals surface area (Å²) in [6, 6.07) is 19.0. The molecule has 0 spiro atoms. The van der Waals surface area contributed by atoms with Crippen LogP contribution in [0.2, 0.25) is 0 Å². The summed E-state index contributed by atoms with van der Waals surface area (Å²) in [5, 5.41) is 6.60. The third-order valence-corrected chi connectivity index (χ3v) is 4.50. The van der Waals surface area contributed by atoms with E-state index in [1.807, 2.05) is 24.3 Å². The lowest BCUT2D eigenvalue weighted by Gasteiger charge is -2.10. The molecule has 1 amide bonds. The normalized spacial score (nSPS) is 10.7. The number of fused-ring (bicyclic) bond motifs is 1. The molecule has 0 radical (unpaired) electrons. The van der Waals surface area contributed by atoms with Gasteiger partial charge in [0.25, 0.3) is 5.91 Å². The average molecular weight is 387 g/mol. The Bertz CT molecular complexity index is 1180. The van der Waals surface area contributed by atoms with Gasteiger partial charge >= 0.3 is 0 Å². The number of halogens is 1. The van der Waals surface area contributed by atoms with Gasteiger partial charge in [-0.15, -0.1) is 0 Å². The molecule has 0 saturated carbocycles. The van der Waals surface area contributed by atoms with Crippen LogP contribution < -0.4 is 16.4 Å². The van der Waals surface area contributed by atoms with Crippen molar-refractivity contribution in [3.8, 4) is 0 Å². The molecular weight excluding hydrogens is 369 g/mol. The van der Waals surface area contributed by atoms with Crippen molar-refractivity contribution in [3.05, 3.63) is 90.0 Å². The van der Waals surface area contributed by atoms with E-state index in [2.05, 4.69) is 20.6 Å². The van der Waals surface area contributed by atoms with Crippen LogP contribution >= 0.6 is 0 Å². The van der Waals surface area contributed by atoms with E-state index >= 15 is 0 Å². The number of hydrogen-bond donors (Lipinski definition) is 3. The van der Waals surface area contributed by atoms with Crippen LogP contribution in [0.3, 0.4) is 0 Å². The fraction of sp³-hybridized carbons (Fsp3) is 0.0455. The van der Waals surface area contributed by atoms with Gasteiger partial charge in [-0.25, -0.2) is 14.4 Å². The highest BCUT2D eigenvalue weighted by Gasteiger charge is 2.09. The second-order valence-corrected chi connectivity index (χ2v) is 6.45. The summed E-state index contributed by atoms with van der Waals surface area (Å²) in [7, 11) is 0. The summed E-state index contributed by atoms with van der Waals surface area (Å²) in [5.74, 6) is -0.0714. The highest BCUT2D eigenvalue weighted by atomic mass is 19.1. The Morgan fingerprint density at radius 2 is 1.76 bits per heavy atom. The number of nitrogens with one attached hydrogen (secondary N) is 2. The van der Waals surface area contributed by atoms with Gasteiger partial charge in [-0.3, -0.25) is 4.79 Å². The molecule has 0 aliphatic heterocycles. The molecule has 6 nitrogen and oxygen atoms in total. The van der Waals surface area contributed by atoms with Crippen LogP contribution in [0, 0.1) is 5.82 Å². The van der Waals surface area contributed by atoms with E-state index in [1.54, 1.807) is 36.4 Å². The monoisotopic (exact) mass is 387 g/mol. The topological polar surface area (TPSA) is 92.9 Å². The Kier molecular flexibility index (Phi) is 5.03. The third-order valence-electron chi connectivity index (χ3n) is 4.50. The minimum absolute atomic E-state index is 0.236. The minimum Gasteiger partial charge on any atom is -0.397 e. The molecule has 1 heterocycles. The highest BCUT2D eigenvalue weighted by molar-refractivity contribution is 6.05. The molecule has 4 aromatic rings. The van der Waals surface area contributed by atoms with E-state index in [0.29, 0.717) is 34.7 Å². The van der Waals surface area contributed by atoms with Gasteiger partial charge in [-0.2, -0.15) is 0 Å². The van der Waals surface area contributed by atoms with E-state index in [0.717, 1.165) is 5.56 Å². The first-order chi connectivity index (χ1) is 14.1.